The zero-order valence-corrected chi connectivity index (χ0v) is 11.2. The molecule has 1 unspecified atom stereocenters. The first-order chi connectivity index (χ1) is 9.22. The number of hydrogen-bond acceptors (Lipinski definition) is 6. The van der Waals surface area contributed by atoms with E-state index >= 15 is 0 Å². The van der Waals surface area contributed by atoms with Crippen molar-refractivity contribution in [1.82, 2.24) is 24.7 Å². The third-order valence-corrected chi connectivity index (χ3v) is 2.81. The molecule has 0 aliphatic heterocycles. The number of nitrogen functional groups attached to an aromatic ring is 1. The van der Waals surface area contributed by atoms with Crippen LogP contribution < -0.4 is 11.1 Å². The molecule has 0 fully saturated rings. The Morgan fingerprint density at radius 2 is 2.16 bits per heavy atom. The van der Waals surface area contributed by atoms with E-state index in [-0.39, 0.29) is 5.95 Å². The van der Waals surface area contributed by atoms with Crippen molar-refractivity contribution in [2.24, 2.45) is 0 Å². The molecule has 0 radical (unpaired) electrons. The lowest BCUT2D eigenvalue weighted by Crippen LogP contribution is -2.21. The summed E-state index contributed by atoms with van der Waals surface area (Å²) in [5.74, 6) is 1.11. The SMILES string of the molecule is CCCC(CC)Nc1nc(N)nc(-n2cccn2)n1. The van der Waals surface area contributed by atoms with Crippen molar-refractivity contribution in [3.05, 3.63) is 18.5 Å². The molecular weight excluding hydrogens is 242 g/mol. The molecule has 0 saturated carbocycles. The fourth-order valence-corrected chi connectivity index (χ4v) is 1.84. The summed E-state index contributed by atoms with van der Waals surface area (Å²) < 4.78 is 1.56. The molecule has 1 atom stereocenters. The molecule has 102 valence electrons. The average molecular weight is 261 g/mol. The van der Waals surface area contributed by atoms with Crippen LogP contribution in [0.1, 0.15) is 33.1 Å². The van der Waals surface area contributed by atoms with Crippen molar-refractivity contribution in [2.75, 3.05) is 11.1 Å². The molecule has 2 heterocycles. The van der Waals surface area contributed by atoms with Gasteiger partial charge in [0.25, 0.3) is 5.95 Å². The van der Waals surface area contributed by atoms with E-state index in [0.717, 1.165) is 19.3 Å². The Hall–Kier alpha value is -2.18. The molecule has 0 aromatic carbocycles. The molecule has 2 aromatic rings. The average Bonchev–Trinajstić information content (AvgIpc) is 2.91. The van der Waals surface area contributed by atoms with Crippen LogP contribution in [0.3, 0.4) is 0 Å². The Morgan fingerprint density at radius 1 is 1.32 bits per heavy atom. The van der Waals surface area contributed by atoms with Crippen LogP contribution in [0.2, 0.25) is 0 Å². The maximum Gasteiger partial charge on any atom is 0.257 e. The van der Waals surface area contributed by atoms with E-state index in [1.165, 1.54) is 0 Å². The minimum atomic E-state index is 0.189. The number of hydrogen-bond donors (Lipinski definition) is 2. The van der Waals surface area contributed by atoms with Crippen molar-refractivity contribution in [3.8, 4) is 5.95 Å². The maximum absolute atomic E-state index is 5.71. The summed E-state index contributed by atoms with van der Waals surface area (Å²) in [5.41, 5.74) is 5.71. The van der Waals surface area contributed by atoms with Gasteiger partial charge in [0.1, 0.15) is 0 Å². The highest BCUT2D eigenvalue weighted by atomic mass is 15.4. The van der Waals surface area contributed by atoms with Gasteiger partial charge in [0.15, 0.2) is 0 Å². The predicted molar refractivity (Wildman–Crippen MR) is 74.0 cm³/mol. The van der Waals surface area contributed by atoms with E-state index in [4.69, 9.17) is 5.73 Å². The largest absolute Gasteiger partial charge is 0.368 e. The predicted octanol–water partition coefficient (Wildman–Crippen LogP) is 1.63. The summed E-state index contributed by atoms with van der Waals surface area (Å²) in [7, 11) is 0. The Balaban J connectivity index is 2.21. The summed E-state index contributed by atoms with van der Waals surface area (Å²) >= 11 is 0. The van der Waals surface area contributed by atoms with E-state index < -0.39 is 0 Å². The van der Waals surface area contributed by atoms with Crippen molar-refractivity contribution in [3.63, 3.8) is 0 Å². The van der Waals surface area contributed by atoms with Crippen LogP contribution in [0.4, 0.5) is 11.9 Å². The molecule has 0 aliphatic carbocycles. The highest BCUT2D eigenvalue weighted by Gasteiger charge is 2.10. The first-order valence-electron chi connectivity index (χ1n) is 6.51. The lowest BCUT2D eigenvalue weighted by atomic mass is 10.1. The van der Waals surface area contributed by atoms with Gasteiger partial charge in [-0.05, 0) is 18.9 Å². The van der Waals surface area contributed by atoms with Crippen LogP contribution in [-0.4, -0.2) is 30.8 Å². The minimum absolute atomic E-state index is 0.189. The fraction of sp³-hybridized carbons (Fsp3) is 0.500. The standard InChI is InChI=1S/C12H19N7/c1-3-6-9(4-2)15-11-16-10(13)17-12(18-11)19-8-5-7-14-19/h5,7-9H,3-4,6H2,1-2H3,(H3,13,15,16,17,18). The van der Waals surface area contributed by atoms with Gasteiger partial charge in [-0.25, -0.2) is 4.68 Å². The molecule has 7 nitrogen and oxygen atoms in total. The molecule has 0 spiro atoms. The smallest absolute Gasteiger partial charge is 0.257 e. The van der Waals surface area contributed by atoms with E-state index in [1.54, 1.807) is 23.1 Å². The van der Waals surface area contributed by atoms with Gasteiger partial charge >= 0.3 is 0 Å². The van der Waals surface area contributed by atoms with Crippen molar-refractivity contribution in [2.45, 2.75) is 39.2 Å². The topological polar surface area (TPSA) is 94.5 Å². The third kappa shape index (κ3) is 3.40. The van der Waals surface area contributed by atoms with Gasteiger partial charge in [-0.2, -0.15) is 20.1 Å². The molecule has 0 aliphatic rings. The number of nitrogens with zero attached hydrogens (tertiary/aromatic N) is 5. The van der Waals surface area contributed by atoms with E-state index in [1.807, 2.05) is 0 Å². The maximum atomic E-state index is 5.71. The highest BCUT2D eigenvalue weighted by Crippen LogP contribution is 2.11. The summed E-state index contributed by atoms with van der Waals surface area (Å²) in [6.07, 6.45) is 6.62. The van der Waals surface area contributed by atoms with Crippen molar-refractivity contribution < 1.29 is 0 Å². The van der Waals surface area contributed by atoms with Crippen LogP contribution in [-0.2, 0) is 0 Å². The second kappa shape index (κ2) is 6.12. The Labute approximate surface area is 112 Å². The van der Waals surface area contributed by atoms with Crippen LogP contribution in [0.25, 0.3) is 5.95 Å². The lowest BCUT2D eigenvalue weighted by molar-refractivity contribution is 0.616. The highest BCUT2D eigenvalue weighted by molar-refractivity contribution is 5.35. The normalized spacial score (nSPS) is 12.3. The van der Waals surface area contributed by atoms with Crippen LogP contribution in [0.5, 0.6) is 0 Å². The molecule has 0 saturated heterocycles. The van der Waals surface area contributed by atoms with Gasteiger partial charge in [0.2, 0.25) is 11.9 Å². The minimum Gasteiger partial charge on any atom is -0.368 e. The molecule has 3 N–H and O–H groups in total. The van der Waals surface area contributed by atoms with Gasteiger partial charge in [-0.15, -0.1) is 0 Å². The zero-order valence-electron chi connectivity index (χ0n) is 11.2. The Morgan fingerprint density at radius 3 is 2.79 bits per heavy atom. The summed E-state index contributed by atoms with van der Waals surface area (Å²) in [6.45, 7) is 4.29. The van der Waals surface area contributed by atoms with E-state index in [0.29, 0.717) is 17.9 Å². The molecule has 0 bridgehead atoms. The number of rotatable bonds is 6. The molecular formula is C12H19N7. The lowest BCUT2D eigenvalue weighted by Gasteiger charge is -2.16. The second-order valence-electron chi connectivity index (χ2n) is 4.31. The summed E-state index contributed by atoms with van der Waals surface area (Å²) in [4.78, 5) is 12.5. The zero-order chi connectivity index (χ0) is 13.7. The van der Waals surface area contributed by atoms with Crippen molar-refractivity contribution in [1.29, 1.82) is 0 Å². The molecule has 2 rings (SSSR count). The quantitative estimate of drug-likeness (QED) is 0.820. The Kier molecular flexibility index (Phi) is 4.27. The molecule has 7 heteroatoms. The molecule has 2 aromatic heterocycles. The van der Waals surface area contributed by atoms with Crippen molar-refractivity contribution >= 4 is 11.9 Å². The number of nitrogens with one attached hydrogen (secondary N) is 1. The molecule has 0 amide bonds. The monoisotopic (exact) mass is 261 g/mol. The number of anilines is 2. The first kappa shape index (κ1) is 13.3. The third-order valence-electron chi connectivity index (χ3n) is 2.81. The van der Waals surface area contributed by atoms with Crippen LogP contribution >= 0.6 is 0 Å². The fourth-order valence-electron chi connectivity index (χ4n) is 1.84. The number of aromatic nitrogens is 5. The van der Waals surface area contributed by atoms with E-state index in [2.05, 4.69) is 39.2 Å². The van der Waals surface area contributed by atoms with Gasteiger partial charge in [0, 0.05) is 18.4 Å². The first-order valence-corrected chi connectivity index (χ1v) is 6.51. The van der Waals surface area contributed by atoms with Gasteiger partial charge in [0.05, 0.1) is 0 Å². The summed E-state index contributed by atoms with van der Waals surface area (Å²) in [6, 6.07) is 2.15. The van der Waals surface area contributed by atoms with Gasteiger partial charge < -0.3 is 11.1 Å². The van der Waals surface area contributed by atoms with Gasteiger partial charge in [-0.1, -0.05) is 20.3 Å². The van der Waals surface area contributed by atoms with E-state index in [9.17, 15) is 0 Å². The second-order valence-corrected chi connectivity index (χ2v) is 4.31. The summed E-state index contributed by atoms with van der Waals surface area (Å²) in [5, 5.41) is 7.37. The Bertz CT molecular complexity index is 509. The van der Waals surface area contributed by atoms with Crippen LogP contribution in [0.15, 0.2) is 18.5 Å². The van der Waals surface area contributed by atoms with Gasteiger partial charge in [-0.3, -0.25) is 0 Å². The van der Waals surface area contributed by atoms with Crippen LogP contribution in [0, 0.1) is 0 Å². The molecule has 19 heavy (non-hydrogen) atoms. The number of nitrogens with two attached hydrogens (primary N) is 1.